The van der Waals surface area contributed by atoms with Crippen molar-refractivity contribution in [1.82, 2.24) is 0 Å². The third-order valence-electron chi connectivity index (χ3n) is 4.24. The van der Waals surface area contributed by atoms with E-state index in [0.717, 1.165) is 29.6 Å². The Balaban J connectivity index is 2.41. The molecule has 0 N–H and O–H groups in total. The largest absolute Gasteiger partial charge is 0.0625 e. The van der Waals surface area contributed by atoms with Gasteiger partial charge in [-0.1, -0.05) is 41.0 Å². The standard InChI is InChI=1S/C12H24/c1-8(2)10(4)11(5)12-7-6-9(12)3/h8-12H,6-7H2,1-5H3. The fourth-order valence-electron chi connectivity index (χ4n) is 2.47. The van der Waals surface area contributed by atoms with Crippen LogP contribution in [0.25, 0.3) is 0 Å². The Kier molecular flexibility index (Phi) is 3.20. The molecular formula is C12H24. The summed E-state index contributed by atoms with van der Waals surface area (Å²) >= 11 is 0. The SMILES string of the molecule is CC(C)C(C)C(C)C1CCC1C. The molecular weight excluding hydrogens is 144 g/mol. The van der Waals surface area contributed by atoms with Crippen molar-refractivity contribution in [2.24, 2.45) is 29.6 Å². The zero-order valence-electron chi connectivity index (χ0n) is 9.30. The van der Waals surface area contributed by atoms with Crippen LogP contribution in [0.5, 0.6) is 0 Å². The van der Waals surface area contributed by atoms with E-state index in [2.05, 4.69) is 34.6 Å². The Bertz CT molecular complexity index is 130. The van der Waals surface area contributed by atoms with Crippen molar-refractivity contribution in [1.29, 1.82) is 0 Å². The molecule has 0 heterocycles. The summed E-state index contributed by atoms with van der Waals surface area (Å²) in [6.45, 7) is 12.0. The molecule has 0 aliphatic heterocycles. The van der Waals surface area contributed by atoms with Gasteiger partial charge in [-0.05, 0) is 36.0 Å². The first-order valence-electron chi connectivity index (χ1n) is 5.54. The second-order valence-electron chi connectivity index (χ2n) is 5.18. The lowest BCUT2D eigenvalue weighted by molar-refractivity contribution is 0.0787. The Morgan fingerprint density at radius 1 is 1.00 bits per heavy atom. The predicted octanol–water partition coefficient (Wildman–Crippen LogP) is 3.96. The van der Waals surface area contributed by atoms with E-state index < -0.39 is 0 Å². The number of rotatable bonds is 3. The monoisotopic (exact) mass is 168 g/mol. The molecule has 1 fully saturated rings. The van der Waals surface area contributed by atoms with Crippen molar-refractivity contribution in [3.63, 3.8) is 0 Å². The van der Waals surface area contributed by atoms with Crippen LogP contribution in [0.15, 0.2) is 0 Å². The van der Waals surface area contributed by atoms with Gasteiger partial charge in [0.05, 0.1) is 0 Å². The highest BCUT2D eigenvalue weighted by Gasteiger charge is 2.34. The molecule has 0 saturated heterocycles. The normalized spacial score (nSPS) is 34.5. The van der Waals surface area contributed by atoms with Crippen LogP contribution in [0.3, 0.4) is 0 Å². The van der Waals surface area contributed by atoms with Gasteiger partial charge in [-0.15, -0.1) is 0 Å². The molecule has 0 aromatic carbocycles. The average molecular weight is 168 g/mol. The first-order chi connectivity index (χ1) is 5.54. The zero-order chi connectivity index (χ0) is 9.30. The maximum atomic E-state index is 2.45. The van der Waals surface area contributed by atoms with Crippen LogP contribution in [-0.4, -0.2) is 0 Å². The van der Waals surface area contributed by atoms with Crippen molar-refractivity contribution in [3.8, 4) is 0 Å². The maximum Gasteiger partial charge on any atom is -0.0360 e. The molecule has 4 unspecified atom stereocenters. The van der Waals surface area contributed by atoms with Gasteiger partial charge < -0.3 is 0 Å². The lowest BCUT2D eigenvalue weighted by Crippen LogP contribution is -2.33. The van der Waals surface area contributed by atoms with Crippen LogP contribution in [0.1, 0.15) is 47.5 Å². The van der Waals surface area contributed by atoms with Gasteiger partial charge in [-0.3, -0.25) is 0 Å². The summed E-state index contributed by atoms with van der Waals surface area (Å²) in [6.07, 6.45) is 2.96. The average Bonchev–Trinajstić information content (AvgIpc) is 2.00. The van der Waals surface area contributed by atoms with E-state index in [1.165, 1.54) is 12.8 Å². The second-order valence-corrected chi connectivity index (χ2v) is 5.18. The molecule has 0 nitrogen and oxygen atoms in total. The van der Waals surface area contributed by atoms with Gasteiger partial charge in [0.15, 0.2) is 0 Å². The van der Waals surface area contributed by atoms with Crippen LogP contribution < -0.4 is 0 Å². The minimum absolute atomic E-state index is 0.854. The van der Waals surface area contributed by atoms with Crippen LogP contribution >= 0.6 is 0 Å². The molecule has 0 radical (unpaired) electrons. The molecule has 1 aliphatic rings. The first kappa shape index (κ1) is 10.1. The van der Waals surface area contributed by atoms with Gasteiger partial charge in [-0.25, -0.2) is 0 Å². The highest BCUT2D eigenvalue weighted by Crippen LogP contribution is 2.43. The van der Waals surface area contributed by atoms with E-state index in [4.69, 9.17) is 0 Å². The van der Waals surface area contributed by atoms with Gasteiger partial charge in [0.2, 0.25) is 0 Å². The van der Waals surface area contributed by atoms with E-state index in [1.54, 1.807) is 0 Å². The Morgan fingerprint density at radius 3 is 1.83 bits per heavy atom. The molecule has 1 rings (SSSR count). The molecule has 1 aliphatic carbocycles. The van der Waals surface area contributed by atoms with E-state index in [-0.39, 0.29) is 0 Å². The summed E-state index contributed by atoms with van der Waals surface area (Å²) in [6, 6.07) is 0. The Morgan fingerprint density at radius 2 is 1.58 bits per heavy atom. The van der Waals surface area contributed by atoms with Gasteiger partial charge in [0, 0.05) is 0 Å². The summed E-state index contributed by atoms with van der Waals surface area (Å²) < 4.78 is 0. The quantitative estimate of drug-likeness (QED) is 0.598. The fourth-order valence-corrected chi connectivity index (χ4v) is 2.47. The fraction of sp³-hybridized carbons (Fsp3) is 1.00. The third-order valence-corrected chi connectivity index (χ3v) is 4.24. The van der Waals surface area contributed by atoms with E-state index in [0.29, 0.717) is 0 Å². The molecule has 0 bridgehead atoms. The van der Waals surface area contributed by atoms with E-state index in [1.807, 2.05) is 0 Å². The van der Waals surface area contributed by atoms with Crippen LogP contribution in [-0.2, 0) is 0 Å². The maximum absolute atomic E-state index is 2.45. The summed E-state index contributed by atoms with van der Waals surface area (Å²) in [5.41, 5.74) is 0. The molecule has 0 aromatic rings. The molecule has 0 heteroatoms. The molecule has 4 atom stereocenters. The van der Waals surface area contributed by atoms with Crippen molar-refractivity contribution < 1.29 is 0 Å². The number of hydrogen-bond donors (Lipinski definition) is 0. The van der Waals surface area contributed by atoms with Crippen LogP contribution in [0.4, 0.5) is 0 Å². The topological polar surface area (TPSA) is 0 Å². The van der Waals surface area contributed by atoms with E-state index in [9.17, 15) is 0 Å². The summed E-state index contributed by atoms with van der Waals surface area (Å²) in [5, 5.41) is 0. The predicted molar refractivity (Wildman–Crippen MR) is 55.1 cm³/mol. The Labute approximate surface area is 77.7 Å². The molecule has 0 amide bonds. The Hall–Kier alpha value is 0. The lowest BCUT2D eigenvalue weighted by Gasteiger charge is -2.42. The molecule has 72 valence electrons. The lowest BCUT2D eigenvalue weighted by atomic mass is 9.64. The van der Waals surface area contributed by atoms with Gasteiger partial charge in [0.25, 0.3) is 0 Å². The van der Waals surface area contributed by atoms with Crippen LogP contribution in [0, 0.1) is 29.6 Å². The summed E-state index contributed by atoms with van der Waals surface area (Å²) in [4.78, 5) is 0. The summed E-state index contributed by atoms with van der Waals surface area (Å²) in [5.74, 6) is 4.72. The van der Waals surface area contributed by atoms with Crippen molar-refractivity contribution >= 4 is 0 Å². The molecule has 12 heavy (non-hydrogen) atoms. The highest BCUT2D eigenvalue weighted by molar-refractivity contribution is 4.84. The van der Waals surface area contributed by atoms with Crippen molar-refractivity contribution in [3.05, 3.63) is 0 Å². The molecule has 1 saturated carbocycles. The minimum Gasteiger partial charge on any atom is -0.0625 e. The second kappa shape index (κ2) is 3.81. The smallest absolute Gasteiger partial charge is 0.0360 e. The van der Waals surface area contributed by atoms with Gasteiger partial charge >= 0.3 is 0 Å². The van der Waals surface area contributed by atoms with Gasteiger partial charge in [0.1, 0.15) is 0 Å². The number of hydrogen-bond acceptors (Lipinski definition) is 0. The zero-order valence-corrected chi connectivity index (χ0v) is 9.30. The summed E-state index contributed by atoms with van der Waals surface area (Å²) in [7, 11) is 0. The van der Waals surface area contributed by atoms with Crippen molar-refractivity contribution in [2.45, 2.75) is 47.5 Å². The van der Waals surface area contributed by atoms with Crippen LogP contribution in [0.2, 0.25) is 0 Å². The van der Waals surface area contributed by atoms with E-state index >= 15 is 0 Å². The van der Waals surface area contributed by atoms with Crippen molar-refractivity contribution in [2.75, 3.05) is 0 Å². The first-order valence-corrected chi connectivity index (χ1v) is 5.54. The highest BCUT2D eigenvalue weighted by atomic mass is 14.4. The molecule has 0 spiro atoms. The minimum atomic E-state index is 0.854. The van der Waals surface area contributed by atoms with Gasteiger partial charge in [-0.2, -0.15) is 0 Å². The third kappa shape index (κ3) is 1.84. The molecule has 0 aromatic heterocycles.